The second kappa shape index (κ2) is 4.55. The van der Waals surface area contributed by atoms with E-state index in [0.717, 1.165) is 16.2 Å². The lowest BCUT2D eigenvalue weighted by Crippen LogP contribution is -2.22. The maximum atomic E-state index is 11.7. The number of nitrogen functional groups attached to an aromatic ring is 1. The Balaban J connectivity index is 2.01. The number of benzene rings is 1. The number of nitrogens with one attached hydrogen (secondary N) is 1. The largest absolute Gasteiger partial charge is 0.497 e. The van der Waals surface area contributed by atoms with E-state index in [0.29, 0.717) is 17.4 Å². The van der Waals surface area contributed by atoms with Gasteiger partial charge < -0.3 is 15.8 Å². The van der Waals surface area contributed by atoms with E-state index in [1.165, 1.54) is 11.3 Å². The molecule has 0 saturated carbocycles. The summed E-state index contributed by atoms with van der Waals surface area (Å²) < 4.78 is 5.14. The van der Waals surface area contributed by atoms with Gasteiger partial charge in [0.15, 0.2) is 5.13 Å². The first-order chi connectivity index (χ1) is 9.17. The minimum absolute atomic E-state index is 0.0180. The number of nitrogens with two attached hydrogens (primary N) is 1. The molecule has 1 amide bonds. The number of methoxy groups -OCH3 is 1. The van der Waals surface area contributed by atoms with Crippen molar-refractivity contribution in [1.82, 2.24) is 4.98 Å². The lowest BCUT2D eigenvalue weighted by atomic mass is 9.91. The summed E-state index contributed by atoms with van der Waals surface area (Å²) in [7, 11) is 1.63. The Labute approximate surface area is 114 Å². The zero-order valence-corrected chi connectivity index (χ0v) is 11.2. The van der Waals surface area contributed by atoms with Crippen LogP contribution in [0.5, 0.6) is 5.75 Å². The van der Waals surface area contributed by atoms with Crippen molar-refractivity contribution in [1.29, 1.82) is 0 Å². The number of fused-ring (bicyclic) bond motifs is 1. The Bertz CT molecular complexity index is 621. The van der Waals surface area contributed by atoms with Gasteiger partial charge in [-0.1, -0.05) is 23.5 Å². The summed E-state index contributed by atoms with van der Waals surface area (Å²) in [5, 5.41) is 3.24. The van der Waals surface area contributed by atoms with Gasteiger partial charge in [0.25, 0.3) is 0 Å². The van der Waals surface area contributed by atoms with E-state index in [1.807, 2.05) is 24.3 Å². The van der Waals surface area contributed by atoms with Crippen LogP contribution in [0.4, 0.5) is 10.9 Å². The van der Waals surface area contributed by atoms with Crippen molar-refractivity contribution in [3.8, 4) is 5.75 Å². The molecule has 0 spiro atoms. The van der Waals surface area contributed by atoms with Gasteiger partial charge in [0, 0.05) is 12.3 Å². The molecule has 98 valence electrons. The Morgan fingerprint density at radius 1 is 1.42 bits per heavy atom. The molecular formula is C13H13N3O2S. The fourth-order valence-electron chi connectivity index (χ4n) is 2.24. The summed E-state index contributed by atoms with van der Waals surface area (Å²) >= 11 is 1.43. The second-order valence-electron chi connectivity index (χ2n) is 4.34. The number of hydrogen-bond acceptors (Lipinski definition) is 5. The van der Waals surface area contributed by atoms with Crippen LogP contribution in [-0.4, -0.2) is 18.0 Å². The van der Waals surface area contributed by atoms with Crippen LogP contribution in [0.25, 0.3) is 0 Å². The number of ether oxygens (including phenoxy) is 1. The third kappa shape index (κ3) is 2.15. The standard InChI is InChI=1S/C13H13N3O2S/c1-18-8-4-2-7(3-5-8)9-6-10(17)15-12-11(9)19-13(14)16-12/h2-5,9H,6H2,1H3,(H2,14,16)(H,15,17)/t9-/m0/s1. The highest BCUT2D eigenvalue weighted by atomic mass is 32.1. The van der Waals surface area contributed by atoms with Crippen molar-refractivity contribution in [2.75, 3.05) is 18.2 Å². The van der Waals surface area contributed by atoms with E-state index in [2.05, 4.69) is 10.3 Å². The van der Waals surface area contributed by atoms with Gasteiger partial charge in [-0.3, -0.25) is 4.79 Å². The number of rotatable bonds is 2. The highest BCUT2D eigenvalue weighted by Gasteiger charge is 2.29. The molecule has 0 fully saturated rings. The zero-order chi connectivity index (χ0) is 13.4. The molecule has 0 saturated heterocycles. The fourth-order valence-corrected chi connectivity index (χ4v) is 3.16. The molecule has 6 heteroatoms. The molecule has 1 aromatic carbocycles. The quantitative estimate of drug-likeness (QED) is 0.881. The molecule has 0 bridgehead atoms. The molecule has 1 aliphatic heterocycles. The molecule has 0 unspecified atom stereocenters. The number of carbonyl (C=O) groups excluding carboxylic acids is 1. The van der Waals surface area contributed by atoms with E-state index in [-0.39, 0.29) is 11.8 Å². The molecule has 3 N–H and O–H groups in total. The summed E-state index contributed by atoms with van der Waals surface area (Å²) in [5.41, 5.74) is 6.80. The molecule has 1 atom stereocenters. The average Bonchev–Trinajstić information content (AvgIpc) is 2.78. The van der Waals surface area contributed by atoms with Crippen molar-refractivity contribution in [2.45, 2.75) is 12.3 Å². The van der Waals surface area contributed by atoms with E-state index in [9.17, 15) is 4.79 Å². The van der Waals surface area contributed by atoms with Gasteiger partial charge in [0.1, 0.15) is 11.6 Å². The maximum Gasteiger partial charge on any atom is 0.226 e. The van der Waals surface area contributed by atoms with Crippen molar-refractivity contribution in [3.05, 3.63) is 34.7 Å². The van der Waals surface area contributed by atoms with Crippen LogP contribution in [0.15, 0.2) is 24.3 Å². The van der Waals surface area contributed by atoms with Gasteiger partial charge in [0.05, 0.1) is 12.0 Å². The molecule has 3 rings (SSSR count). The molecular weight excluding hydrogens is 262 g/mol. The molecule has 5 nitrogen and oxygen atoms in total. The first kappa shape index (κ1) is 12.0. The van der Waals surface area contributed by atoms with E-state index in [4.69, 9.17) is 10.5 Å². The number of anilines is 2. The summed E-state index contributed by atoms with van der Waals surface area (Å²) in [6.07, 6.45) is 0.418. The van der Waals surface area contributed by atoms with Crippen LogP contribution in [0.2, 0.25) is 0 Å². The predicted molar refractivity (Wildman–Crippen MR) is 74.6 cm³/mol. The third-order valence-electron chi connectivity index (χ3n) is 3.15. The lowest BCUT2D eigenvalue weighted by Gasteiger charge is -2.21. The van der Waals surface area contributed by atoms with Crippen molar-refractivity contribution in [2.24, 2.45) is 0 Å². The Hall–Kier alpha value is -2.08. The number of aromatic nitrogens is 1. The third-order valence-corrected chi connectivity index (χ3v) is 4.15. The van der Waals surface area contributed by atoms with Gasteiger partial charge in [-0.15, -0.1) is 0 Å². The Morgan fingerprint density at radius 3 is 2.84 bits per heavy atom. The van der Waals surface area contributed by atoms with Crippen LogP contribution >= 0.6 is 11.3 Å². The van der Waals surface area contributed by atoms with Crippen LogP contribution in [0.3, 0.4) is 0 Å². The average molecular weight is 275 g/mol. The minimum Gasteiger partial charge on any atom is -0.497 e. The van der Waals surface area contributed by atoms with Crippen molar-refractivity contribution in [3.63, 3.8) is 0 Å². The first-order valence-electron chi connectivity index (χ1n) is 5.87. The van der Waals surface area contributed by atoms with Gasteiger partial charge in [0.2, 0.25) is 5.91 Å². The molecule has 19 heavy (non-hydrogen) atoms. The molecule has 0 aliphatic carbocycles. The number of amides is 1. The van der Waals surface area contributed by atoms with Crippen LogP contribution in [-0.2, 0) is 4.79 Å². The summed E-state index contributed by atoms with van der Waals surface area (Å²) in [4.78, 5) is 16.9. The normalized spacial score (nSPS) is 17.7. The number of nitrogens with zero attached hydrogens (tertiary/aromatic N) is 1. The van der Waals surface area contributed by atoms with E-state index in [1.54, 1.807) is 7.11 Å². The minimum atomic E-state index is -0.0291. The van der Waals surface area contributed by atoms with Crippen molar-refractivity contribution < 1.29 is 9.53 Å². The topological polar surface area (TPSA) is 77.2 Å². The van der Waals surface area contributed by atoms with Gasteiger partial charge in [-0.2, -0.15) is 0 Å². The van der Waals surface area contributed by atoms with Crippen LogP contribution < -0.4 is 15.8 Å². The van der Waals surface area contributed by atoms with E-state index < -0.39 is 0 Å². The monoisotopic (exact) mass is 275 g/mol. The molecule has 1 aromatic heterocycles. The highest BCUT2D eigenvalue weighted by molar-refractivity contribution is 7.16. The number of thiazole rings is 1. The molecule has 2 aromatic rings. The first-order valence-corrected chi connectivity index (χ1v) is 6.69. The van der Waals surface area contributed by atoms with Gasteiger partial charge >= 0.3 is 0 Å². The summed E-state index contributed by atoms with van der Waals surface area (Å²) in [6, 6.07) is 7.74. The maximum absolute atomic E-state index is 11.7. The van der Waals surface area contributed by atoms with Gasteiger partial charge in [-0.25, -0.2) is 4.98 Å². The predicted octanol–water partition coefficient (Wildman–Crippen LogP) is 2.21. The number of carbonyl (C=O) groups is 1. The van der Waals surface area contributed by atoms with Crippen molar-refractivity contribution >= 4 is 28.2 Å². The fraction of sp³-hybridized carbons (Fsp3) is 0.231. The molecule has 1 aliphatic rings. The second-order valence-corrected chi connectivity index (χ2v) is 5.41. The van der Waals surface area contributed by atoms with Gasteiger partial charge in [-0.05, 0) is 17.7 Å². The molecule has 2 heterocycles. The van der Waals surface area contributed by atoms with E-state index >= 15 is 0 Å². The smallest absolute Gasteiger partial charge is 0.226 e. The summed E-state index contributed by atoms with van der Waals surface area (Å²) in [5.74, 6) is 1.38. The lowest BCUT2D eigenvalue weighted by molar-refractivity contribution is -0.116. The SMILES string of the molecule is COc1ccc([C@@H]2CC(=O)Nc3nc(N)sc32)cc1. The number of hydrogen-bond donors (Lipinski definition) is 2. The van der Waals surface area contributed by atoms with Crippen LogP contribution in [0, 0.1) is 0 Å². The van der Waals surface area contributed by atoms with Crippen LogP contribution in [0.1, 0.15) is 22.8 Å². The summed E-state index contributed by atoms with van der Waals surface area (Å²) in [6.45, 7) is 0. The Kier molecular flexibility index (Phi) is 2.87. The highest BCUT2D eigenvalue weighted by Crippen LogP contribution is 2.41. The zero-order valence-electron chi connectivity index (χ0n) is 10.3. The molecule has 0 radical (unpaired) electrons. The Morgan fingerprint density at radius 2 is 2.16 bits per heavy atom.